The van der Waals surface area contributed by atoms with E-state index in [9.17, 15) is 4.79 Å². The maximum Gasteiger partial charge on any atom is 0.318 e. The maximum absolute atomic E-state index is 11.9. The minimum absolute atomic E-state index is 0.0610. The summed E-state index contributed by atoms with van der Waals surface area (Å²) in [7, 11) is 0. The molecule has 1 atom stereocenters. The van der Waals surface area contributed by atoms with Crippen molar-refractivity contribution in [1.29, 1.82) is 0 Å². The molecule has 0 bridgehead atoms. The molecule has 1 fully saturated rings. The van der Waals surface area contributed by atoms with Gasteiger partial charge in [-0.1, -0.05) is 36.3 Å². The molecular weight excluding hydrogens is 250 g/mol. The second kappa shape index (κ2) is 7.56. The van der Waals surface area contributed by atoms with Gasteiger partial charge in [-0.2, -0.15) is 0 Å². The molecule has 4 nitrogen and oxygen atoms in total. The lowest BCUT2D eigenvalue weighted by atomic mass is 10.1. The van der Waals surface area contributed by atoms with E-state index >= 15 is 0 Å². The molecule has 1 aromatic carbocycles. The predicted octanol–water partition coefficient (Wildman–Crippen LogP) is 1.58. The van der Waals surface area contributed by atoms with Gasteiger partial charge in [-0.15, -0.1) is 6.42 Å². The van der Waals surface area contributed by atoms with Crippen molar-refractivity contribution in [2.24, 2.45) is 0 Å². The lowest BCUT2D eigenvalue weighted by molar-refractivity contribution is 0.174. The molecular formula is C16H21N3O. The summed E-state index contributed by atoms with van der Waals surface area (Å²) >= 11 is 0. The molecule has 2 N–H and O–H groups in total. The molecule has 20 heavy (non-hydrogen) atoms. The quantitative estimate of drug-likeness (QED) is 0.817. The minimum atomic E-state index is -0.0610. The van der Waals surface area contributed by atoms with Crippen LogP contribution in [0.15, 0.2) is 30.3 Å². The van der Waals surface area contributed by atoms with Gasteiger partial charge in [0.15, 0.2) is 0 Å². The number of carbonyl (C=O) groups is 1. The van der Waals surface area contributed by atoms with Gasteiger partial charge in [0.05, 0.1) is 6.54 Å². The number of piperidine rings is 1. The first-order valence-corrected chi connectivity index (χ1v) is 7.03. The fourth-order valence-electron chi connectivity index (χ4n) is 2.42. The number of amides is 2. The average molecular weight is 271 g/mol. The maximum atomic E-state index is 11.9. The van der Waals surface area contributed by atoms with Crippen LogP contribution < -0.4 is 10.6 Å². The van der Waals surface area contributed by atoms with Gasteiger partial charge in [-0.05, 0) is 18.4 Å². The molecule has 0 aliphatic carbocycles. The van der Waals surface area contributed by atoms with Gasteiger partial charge in [0, 0.05) is 25.7 Å². The van der Waals surface area contributed by atoms with Gasteiger partial charge in [0.1, 0.15) is 0 Å². The van der Waals surface area contributed by atoms with Crippen molar-refractivity contribution in [2.75, 3.05) is 19.6 Å². The van der Waals surface area contributed by atoms with E-state index in [2.05, 4.69) is 28.7 Å². The zero-order valence-electron chi connectivity index (χ0n) is 11.6. The Morgan fingerprint density at radius 3 is 2.95 bits per heavy atom. The first-order valence-electron chi connectivity index (χ1n) is 7.03. The highest BCUT2D eigenvalue weighted by atomic mass is 16.2. The van der Waals surface area contributed by atoms with E-state index in [1.807, 2.05) is 23.1 Å². The third-order valence-electron chi connectivity index (χ3n) is 3.49. The Morgan fingerprint density at radius 2 is 2.20 bits per heavy atom. The van der Waals surface area contributed by atoms with Crippen LogP contribution in [0.1, 0.15) is 18.4 Å². The fourth-order valence-corrected chi connectivity index (χ4v) is 2.42. The largest absolute Gasteiger partial charge is 0.327 e. The standard InChI is InChI=1S/C16H21N3O/c1-2-10-17-16(20)19-11-6-9-15(13-19)18-12-14-7-4-3-5-8-14/h1,3-5,7-8,15,18H,6,9-13H2,(H,17,20). The molecule has 0 saturated carbocycles. The summed E-state index contributed by atoms with van der Waals surface area (Å²) in [6.45, 7) is 2.67. The lowest BCUT2D eigenvalue weighted by Crippen LogP contribution is -2.51. The van der Waals surface area contributed by atoms with Gasteiger partial charge in [0.25, 0.3) is 0 Å². The highest BCUT2D eigenvalue weighted by Crippen LogP contribution is 2.11. The zero-order valence-corrected chi connectivity index (χ0v) is 11.6. The molecule has 1 heterocycles. The van der Waals surface area contributed by atoms with Crippen LogP contribution in [0.4, 0.5) is 4.79 Å². The van der Waals surface area contributed by atoms with Crippen molar-refractivity contribution in [2.45, 2.75) is 25.4 Å². The summed E-state index contributed by atoms with van der Waals surface area (Å²) in [5.74, 6) is 2.42. The Kier molecular flexibility index (Phi) is 5.45. The van der Waals surface area contributed by atoms with Crippen molar-refractivity contribution in [3.63, 3.8) is 0 Å². The smallest absolute Gasteiger partial charge is 0.318 e. The van der Waals surface area contributed by atoms with Crippen LogP contribution in [-0.2, 0) is 6.54 Å². The van der Waals surface area contributed by atoms with Gasteiger partial charge in [-0.3, -0.25) is 0 Å². The van der Waals surface area contributed by atoms with Crippen molar-refractivity contribution in [3.05, 3.63) is 35.9 Å². The van der Waals surface area contributed by atoms with Crippen LogP contribution in [0.25, 0.3) is 0 Å². The van der Waals surface area contributed by atoms with Gasteiger partial charge in [0.2, 0.25) is 0 Å². The van der Waals surface area contributed by atoms with Crippen molar-refractivity contribution in [1.82, 2.24) is 15.5 Å². The monoisotopic (exact) mass is 271 g/mol. The fraction of sp³-hybridized carbons (Fsp3) is 0.438. The van der Waals surface area contributed by atoms with E-state index in [0.29, 0.717) is 6.04 Å². The number of nitrogens with one attached hydrogen (secondary N) is 2. The third-order valence-corrected chi connectivity index (χ3v) is 3.49. The Hall–Kier alpha value is -1.99. The van der Waals surface area contributed by atoms with E-state index < -0.39 is 0 Å². The summed E-state index contributed by atoms with van der Waals surface area (Å²) in [4.78, 5) is 13.7. The summed E-state index contributed by atoms with van der Waals surface area (Å²) in [6.07, 6.45) is 7.28. The molecule has 2 amide bonds. The molecule has 1 unspecified atom stereocenters. The van der Waals surface area contributed by atoms with Crippen molar-refractivity contribution in [3.8, 4) is 12.3 Å². The third kappa shape index (κ3) is 4.29. The van der Waals surface area contributed by atoms with Gasteiger partial charge < -0.3 is 15.5 Å². The van der Waals surface area contributed by atoms with E-state index in [4.69, 9.17) is 6.42 Å². The number of benzene rings is 1. The lowest BCUT2D eigenvalue weighted by Gasteiger charge is -2.33. The molecule has 4 heteroatoms. The van der Waals surface area contributed by atoms with E-state index in [1.54, 1.807) is 0 Å². The summed E-state index contributed by atoms with van der Waals surface area (Å²) < 4.78 is 0. The number of nitrogens with zero attached hydrogens (tertiary/aromatic N) is 1. The van der Waals surface area contributed by atoms with Crippen LogP contribution in [0.3, 0.4) is 0 Å². The van der Waals surface area contributed by atoms with Crippen molar-refractivity contribution < 1.29 is 4.79 Å². The molecule has 1 saturated heterocycles. The summed E-state index contributed by atoms with van der Waals surface area (Å²) in [6, 6.07) is 10.6. The zero-order chi connectivity index (χ0) is 14.2. The van der Waals surface area contributed by atoms with Gasteiger partial charge >= 0.3 is 6.03 Å². The number of rotatable bonds is 4. The van der Waals surface area contributed by atoms with Crippen LogP contribution in [-0.4, -0.2) is 36.6 Å². The summed E-state index contributed by atoms with van der Waals surface area (Å²) in [5, 5.41) is 6.24. The molecule has 0 aromatic heterocycles. The van der Waals surface area contributed by atoms with Crippen LogP contribution in [0.2, 0.25) is 0 Å². The molecule has 2 rings (SSSR count). The highest BCUT2D eigenvalue weighted by molar-refractivity contribution is 5.74. The first-order chi connectivity index (χ1) is 9.79. The first kappa shape index (κ1) is 14.4. The van der Waals surface area contributed by atoms with E-state index in [0.717, 1.165) is 32.5 Å². The van der Waals surface area contributed by atoms with Gasteiger partial charge in [-0.25, -0.2) is 4.79 Å². The Bertz CT molecular complexity index is 466. The van der Waals surface area contributed by atoms with Crippen LogP contribution in [0.5, 0.6) is 0 Å². The molecule has 1 aliphatic rings. The minimum Gasteiger partial charge on any atom is -0.327 e. The molecule has 0 spiro atoms. The molecule has 1 aliphatic heterocycles. The normalized spacial score (nSPS) is 18.4. The summed E-state index contributed by atoms with van der Waals surface area (Å²) in [5.41, 5.74) is 1.27. The second-order valence-corrected chi connectivity index (χ2v) is 5.01. The molecule has 0 radical (unpaired) electrons. The molecule has 1 aromatic rings. The van der Waals surface area contributed by atoms with E-state index in [1.165, 1.54) is 5.56 Å². The number of urea groups is 1. The Labute approximate surface area is 120 Å². The number of hydrogen-bond acceptors (Lipinski definition) is 2. The second-order valence-electron chi connectivity index (χ2n) is 5.01. The molecule has 106 valence electrons. The number of carbonyl (C=O) groups excluding carboxylic acids is 1. The predicted molar refractivity (Wildman–Crippen MR) is 80.1 cm³/mol. The van der Waals surface area contributed by atoms with E-state index in [-0.39, 0.29) is 12.6 Å². The van der Waals surface area contributed by atoms with Crippen LogP contribution >= 0.6 is 0 Å². The number of terminal acetylenes is 1. The topological polar surface area (TPSA) is 44.4 Å². The van der Waals surface area contributed by atoms with Crippen molar-refractivity contribution >= 4 is 6.03 Å². The number of hydrogen-bond donors (Lipinski definition) is 2. The Morgan fingerprint density at radius 1 is 1.40 bits per heavy atom. The van der Waals surface area contributed by atoms with Crippen LogP contribution in [0, 0.1) is 12.3 Å². The number of likely N-dealkylation sites (tertiary alicyclic amines) is 1. The Balaban J connectivity index is 1.78. The average Bonchev–Trinajstić information content (AvgIpc) is 2.52. The highest BCUT2D eigenvalue weighted by Gasteiger charge is 2.22. The SMILES string of the molecule is C#CCNC(=O)N1CCCC(NCc2ccccc2)C1.